The lowest BCUT2D eigenvalue weighted by Crippen LogP contribution is -2.66. The van der Waals surface area contributed by atoms with E-state index < -0.39 is 20.3 Å². The van der Waals surface area contributed by atoms with Crippen molar-refractivity contribution in [2.45, 2.75) is 88.9 Å². The van der Waals surface area contributed by atoms with Gasteiger partial charge in [0.2, 0.25) is 5.91 Å². The third-order valence-electron chi connectivity index (χ3n) is 5.77. The first kappa shape index (κ1) is 18.7. The van der Waals surface area contributed by atoms with Crippen molar-refractivity contribution in [3.05, 3.63) is 0 Å². The highest BCUT2D eigenvalue weighted by Crippen LogP contribution is 2.53. The van der Waals surface area contributed by atoms with Crippen LogP contribution in [0.3, 0.4) is 0 Å². The maximum Gasteiger partial charge on any atom is 0.238 e. The minimum Gasteiger partial charge on any atom is -0.378 e. The Labute approximate surface area is 140 Å². The molecule has 2 rings (SSSR count). The first-order chi connectivity index (χ1) is 10.8. The minimum absolute atomic E-state index is 0.0191. The minimum atomic E-state index is -3.42. The van der Waals surface area contributed by atoms with Crippen molar-refractivity contribution in [1.82, 2.24) is 5.32 Å². The molecule has 0 aliphatic heterocycles. The predicted molar refractivity (Wildman–Crippen MR) is 91.0 cm³/mol. The zero-order valence-corrected chi connectivity index (χ0v) is 15.6. The van der Waals surface area contributed by atoms with Crippen LogP contribution < -0.4 is 5.32 Å². The molecule has 0 aromatic carbocycles. The summed E-state index contributed by atoms with van der Waals surface area (Å²) in [7, 11) is -3.42. The zero-order chi connectivity index (χ0) is 17.3. The second kappa shape index (κ2) is 7.09. The lowest BCUT2D eigenvalue weighted by Gasteiger charge is -2.57. The molecule has 0 saturated heterocycles. The molecule has 2 saturated carbocycles. The van der Waals surface area contributed by atoms with Crippen molar-refractivity contribution in [1.29, 1.82) is 0 Å². The molecule has 5 nitrogen and oxygen atoms in total. The lowest BCUT2D eigenvalue weighted by molar-refractivity contribution is -0.156. The summed E-state index contributed by atoms with van der Waals surface area (Å²) in [5.41, 5.74) is 0.0191. The number of sulfone groups is 1. The van der Waals surface area contributed by atoms with Gasteiger partial charge in [-0.25, -0.2) is 8.42 Å². The molecule has 0 radical (unpaired) electrons. The van der Waals surface area contributed by atoms with Crippen molar-refractivity contribution in [2.24, 2.45) is 5.41 Å². The topological polar surface area (TPSA) is 72.5 Å². The molecule has 1 spiro atoms. The smallest absolute Gasteiger partial charge is 0.238 e. The fourth-order valence-corrected chi connectivity index (χ4v) is 5.30. The summed E-state index contributed by atoms with van der Waals surface area (Å²) in [6.07, 6.45) is 6.69. The van der Waals surface area contributed by atoms with Crippen LogP contribution in [0, 0.1) is 5.41 Å². The lowest BCUT2D eigenvalue weighted by atomic mass is 9.55. The van der Waals surface area contributed by atoms with E-state index in [0.29, 0.717) is 6.61 Å². The van der Waals surface area contributed by atoms with E-state index in [0.717, 1.165) is 32.1 Å². The van der Waals surface area contributed by atoms with E-state index in [4.69, 9.17) is 4.74 Å². The average molecular weight is 346 g/mol. The van der Waals surface area contributed by atoms with Gasteiger partial charge in [-0.05, 0) is 47.0 Å². The van der Waals surface area contributed by atoms with Crippen LogP contribution in [-0.2, 0) is 19.4 Å². The van der Waals surface area contributed by atoms with Crippen molar-refractivity contribution >= 4 is 15.7 Å². The molecule has 2 aliphatic carbocycles. The molecule has 1 amide bonds. The summed E-state index contributed by atoms with van der Waals surface area (Å²) in [6.45, 7) is 7.42. The zero-order valence-electron chi connectivity index (χ0n) is 14.8. The highest BCUT2D eigenvalue weighted by atomic mass is 32.2. The van der Waals surface area contributed by atoms with E-state index in [1.807, 2.05) is 6.92 Å². The number of nitrogens with one attached hydrogen (secondary N) is 1. The van der Waals surface area contributed by atoms with E-state index in [1.54, 1.807) is 13.8 Å². The summed E-state index contributed by atoms with van der Waals surface area (Å²) in [4.78, 5) is 12.5. The van der Waals surface area contributed by atoms with Gasteiger partial charge in [0, 0.05) is 18.1 Å². The summed E-state index contributed by atoms with van der Waals surface area (Å²) in [6, 6.07) is 0.0525. The van der Waals surface area contributed by atoms with Gasteiger partial charge in [0.1, 0.15) is 5.25 Å². The Balaban J connectivity index is 2.06. The molecule has 6 heteroatoms. The molecule has 0 aromatic rings. The summed E-state index contributed by atoms with van der Waals surface area (Å²) < 4.78 is 30.3. The van der Waals surface area contributed by atoms with Crippen LogP contribution in [0.2, 0.25) is 0 Å². The molecular formula is C17H31NO4S. The third kappa shape index (κ3) is 3.43. The van der Waals surface area contributed by atoms with Crippen LogP contribution in [0.25, 0.3) is 0 Å². The number of carbonyl (C=O) groups is 1. The number of hydrogen-bond acceptors (Lipinski definition) is 4. The Morgan fingerprint density at radius 3 is 2.35 bits per heavy atom. The van der Waals surface area contributed by atoms with Gasteiger partial charge in [0.25, 0.3) is 0 Å². The second-order valence-corrected chi connectivity index (χ2v) is 10.1. The maximum atomic E-state index is 12.5. The van der Waals surface area contributed by atoms with Crippen LogP contribution >= 0.6 is 0 Å². The van der Waals surface area contributed by atoms with Crippen LogP contribution in [0.5, 0.6) is 0 Å². The third-order valence-corrected chi connectivity index (χ3v) is 8.29. The highest BCUT2D eigenvalue weighted by Gasteiger charge is 2.56. The van der Waals surface area contributed by atoms with E-state index in [-0.39, 0.29) is 23.5 Å². The molecule has 134 valence electrons. The number of ether oxygens (including phenoxy) is 1. The quantitative estimate of drug-likeness (QED) is 0.802. The van der Waals surface area contributed by atoms with Gasteiger partial charge >= 0.3 is 0 Å². The van der Waals surface area contributed by atoms with E-state index in [1.165, 1.54) is 13.3 Å². The van der Waals surface area contributed by atoms with Crippen LogP contribution in [0.1, 0.15) is 66.2 Å². The second-order valence-electron chi connectivity index (χ2n) is 7.31. The number of hydrogen-bond donors (Lipinski definition) is 1. The summed E-state index contributed by atoms with van der Waals surface area (Å²) >= 11 is 0. The maximum absolute atomic E-state index is 12.5. The number of rotatable bonds is 6. The standard InChI is InChI=1S/C17H31NO4S/c1-5-22-15-11-14(17(15)9-7-6-8-10-17)18-16(19)13(4)23(20,21)12(2)3/h12-15H,5-11H2,1-4H3,(H,18,19)/t13-,14+,15-/m1/s1. The van der Waals surface area contributed by atoms with Gasteiger partial charge in [-0.2, -0.15) is 0 Å². The predicted octanol–water partition coefficient (Wildman–Crippen LogP) is 2.44. The number of carbonyl (C=O) groups excluding carboxylic acids is 1. The van der Waals surface area contributed by atoms with Gasteiger partial charge < -0.3 is 10.1 Å². The SMILES string of the molecule is CCO[C@@H]1C[C@H](NC(=O)[C@@H](C)S(=O)(=O)C(C)C)C12CCCCC2. The Morgan fingerprint density at radius 1 is 1.22 bits per heavy atom. The van der Waals surface area contributed by atoms with Gasteiger partial charge in [-0.3, -0.25) is 4.79 Å². The molecular weight excluding hydrogens is 314 g/mol. The Bertz CT molecular complexity index is 523. The average Bonchev–Trinajstić information content (AvgIpc) is 2.53. The van der Waals surface area contributed by atoms with E-state index in [2.05, 4.69) is 5.32 Å². The highest BCUT2D eigenvalue weighted by molar-refractivity contribution is 7.93. The fraction of sp³-hybridized carbons (Fsp3) is 0.941. The molecule has 0 heterocycles. The molecule has 0 aromatic heterocycles. The Morgan fingerprint density at radius 2 is 1.83 bits per heavy atom. The molecule has 0 unspecified atom stereocenters. The Hall–Kier alpha value is -0.620. The van der Waals surface area contributed by atoms with Gasteiger partial charge in [-0.15, -0.1) is 0 Å². The first-order valence-electron chi connectivity index (χ1n) is 8.90. The molecule has 2 fully saturated rings. The number of amides is 1. The van der Waals surface area contributed by atoms with E-state index in [9.17, 15) is 13.2 Å². The van der Waals surface area contributed by atoms with Gasteiger partial charge in [0.05, 0.1) is 11.4 Å². The van der Waals surface area contributed by atoms with Crippen molar-refractivity contribution in [2.75, 3.05) is 6.61 Å². The van der Waals surface area contributed by atoms with E-state index >= 15 is 0 Å². The summed E-state index contributed by atoms with van der Waals surface area (Å²) in [5, 5.41) is 1.50. The molecule has 0 bridgehead atoms. The van der Waals surface area contributed by atoms with Crippen molar-refractivity contribution < 1.29 is 17.9 Å². The molecule has 3 atom stereocenters. The summed E-state index contributed by atoms with van der Waals surface area (Å²) in [5.74, 6) is -0.358. The van der Waals surface area contributed by atoms with Crippen molar-refractivity contribution in [3.8, 4) is 0 Å². The van der Waals surface area contributed by atoms with Gasteiger partial charge in [0.15, 0.2) is 9.84 Å². The molecule has 2 aliphatic rings. The van der Waals surface area contributed by atoms with Gasteiger partial charge in [-0.1, -0.05) is 19.3 Å². The van der Waals surface area contributed by atoms with Crippen LogP contribution in [0.15, 0.2) is 0 Å². The normalized spacial score (nSPS) is 28.4. The monoisotopic (exact) mass is 345 g/mol. The first-order valence-corrected chi connectivity index (χ1v) is 10.5. The largest absolute Gasteiger partial charge is 0.378 e. The van der Waals surface area contributed by atoms with Crippen LogP contribution in [-0.4, -0.2) is 43.6 Å². The fourth-order valence-electron chi connectivity index (χ4n) is 4.11. The molecule has 1 N–H and O–H groups in total. The Kier molecular flexibility index (Phi) is 5.77. The van der Waals surface area contributed by atoms with Crippen LogP contribution in [0.4, 0.5) is 0 Å². The van der Waals surface area contributed by atoms with Crippen molar-refractivity contribution in [3.63, 3.8) is 0 Å². The molecule has 23 heavy (non-hydrogen) atoms.